The van der Waals surface area contributed by atoms with Crippen LogP contribution in [0.3, 0.4) is 0 Å². The fourth-order valence-electron chi connectivity index (χ4n) is 2.69. The van der Waals surface area contributed by atoms with Crippen LogP contribution in [0.15, 0.2) is 0 Å². The van der Waals surface area contributed by atoms with Gasteiger partial charge in [-0.15, -0.1) is 0 Å². The predicted octanol–water partition coefficient (Wildman–Crippen LogP) is 0.000800. The van der Waals surface area contributed by atoms with Crippen LogP contribution < -0.4 is 5.32 Å². The highest BCUT2D eigenvalue weighted by Gasteiger charge is 2.25. The van der Waals surface area contributed by atoms with Gasteiger partial charge in [-0.05, 0) is 33.0 Å². The predicted molar refractivity (Wildman–Crippen MR) is 65.8 cm³/mol. The molecule has 1 N–H and O–H groups in total. The third kappa shape index (κ3) is 3.42. The fraction of sp³-hybridized carbons (Fsp3) is 1.00. The molecule has 0 radical (unpaired) electrons. The van der Waals surface area contributed by atoms with E-state index in [1.807, 2.05) is 7.11 Å². The molecule has 2 fully saturated rings. The lowest BCUT2D eigenvalue weighted by molar-refractivity contribution is 0.115. The second kappa shape index (κ2) is 5.96. The Balaban J connectivity index is 1.72. The lowest BCUT2D eigenvalue weighted by Gasteiger charge is -2.23. The summed E-state index contributed by atoms with van der Waals surface area (Å²) in [5.41, 5.74) is 0. The van der Waals surface area contributed by atoms with E-state index < -0.39 is 0 Å². The van der Waals surface area contributed by atoms with Gasteiger partial charge in [-0.2, -0.15) is 0 Å². The molecule has 0 aromatic heterocycles. The van der Waals surface area contributed by atoms with Crippen molar-refractivity contribution in [3.8, 4) is 0 Å². The molecule has 0 saturated carbocycles. The van der Waals surface area contributed by atoms with Crippen LogP contribution in [0.4, 0.5) is 0 Å². The highest BCUT2D eigenvalue weighted by Crippen LogP contribution is 2.12. The Kier molecular flexibility index (Phi) is 4.58. The summed E-state index contributed by atoms with van der Waals surface area (Å²) < 4.78 is 5.38. The van der Waals surface area contributed by atoms with Crippen molar-refractivity contribution in [2.75, 3.05) is 53.4 Å². The van der Waals surface area contributed by atoms with Crippen LogP contribution in [0.1, 0.15) is 12.8 Å². The summed E-state index contributed by atoms with van der Waals surface area (Å²) >= 11 is 0. The van der Waals surface area contributed by atoms with E-state index in [1.54, 1.807) is 0 Å². The maximum Gasteiger partial charge on any atom is 0.0711 e. The lowest BCUT2D eigenvalue weighted by atomic mass is 10.2. The Hall–Kier alpha value is -0.160. The Labute approximate surface area is 98.9 Å². The molecule has 4 nitrogen and oxygen atoms in total. The van der Waals surface area contributed by atoms with Gasteiger partial charge in [0, 0.05) is 39.3 Å². The van der Waals surface area contributed by atoms with Crippen LogP contribution in [-0.4, -0.2) is 75.4 Å². The summed E-state index contributed by atoms with van der Waals surface area (Å²) in [6.07, 6.45) is 2.90. The molecular formula is C12H25N3O. The molecule has 94 valence electrons. The standard InChI is InChI=1S/C12H25N3O/c1-14-4-3-5-15(7-6-14)10-11-8-12(16-2)9-13-11/h11-13H,3-10H2,1-2H3. The van der Waals surface area contributed by atoms with Crippen LogP contribution in [0.5, 0.6) is 0 Å². The minimum Gasteiger partial charge on any atom is -0.380 e. The SMILES string of the molecule is COC1CNC(CN2CCCN(C)CC2)C1. The number of hydrogen-bond acceptors (Lipinski definition) is 4. The molecule has 2 rings (SSSR count). The van der Waals surface area contributed by atoms with Gasteiger partial charge in [-0.1, -0.05) is 0 Å². The second-order valence-corrected chi connectivity index (χ2v) is 5.16. The van der Waals surface area contributed by atoms with Gasteiger partial charge in [0.25, 0.3) is 0 Å². The number of hydrogen-bond donors (Lipinski definition) is 1. The highest BCUT2D eigenvalue weighted by atomic mass is 16.5. The Bertz CT molecular complexity index is 212. The Morgan fingerprint density at radius 2 is 2.12 bits per heavy atom. The van der Waals surface area contributed by atoms with E-state index in [0.717, 1.165) is 6.54 Å². The number of nitrogens with one attached hydrogen (secondary N) is 1. The molecule has 0 bridgehead atoms. The molecule has 0 amide bonds. The van der Waals surface area contributed by atoms with Gasteiger partial charge in [0.15, 0.2) is 0 Å². The number of methoxy groups -OCH3 is 1. The maximum absolute atomic E-state index is 5.38. The van der Waals surface area contributed by atoms with E-state index >= 15 is 0 Å². The van der Waals surface area contributed by atoms with E-state index in [1.165, 1.54) is 45.6 Å². The molecule has 2 atom stereocenters. The first-order chi connectivity index (χ1) is 7.78. The molecule has 0 aromatic carbocycles. The fourth-order valence-corrected chi connectivity index (χ4v) is 2.69. The van der Waals surface area contributed by atoms with E-state index in [2.05, 4.69) is 22.2 Å². The normalized spacial score (nSPS) is 34.1. The van der Waals surface area contributed by atoms with Crippen molar-refractivity contribution in [3.05, 3.63) is 0 Å². The van der Waals surface area contributed by atoms with Crippen molar-refractivity contribution in [1.29, 1.82) is 0 Å². The van der Waals surface area contributed by atoms with E-state index in [9.17, 15) is 0 Å². The summed E-state index contributed by atoms with van der Waals surface area (Å²) in [7, 11) is 4.04. The quantitative estimate of drug-likeness (QED) is 0.734. The summed E-state index contributed by atoms with van der Waals surface area (Å²) in [6, 6.07) is 0.633. The average molecular weight is 227 g/mol. The molecule has 4 heteroatoms. The van der Waals surface area contributed by atoms with Crippen LogP contribution in [0.2, 0.25) is 0 Å². The van der Waals surface area contributed by atoms with Crippen LogP contribution in [-0.2, 0) is 4.74 Å². The molecule has 2 aliphatic rings. The Morgan fingerprint density at radius 1 is 1.25 bits per heavy atom. The van der Waals surface area contributed by atoms with E-state index in [4.69, 9.17) is 4.74 Å². The lowest BCUT2D eigenvalue weighted by Crippen LogP contribution is -2.39. The van der Waals surface area contributed by atoms with Crippen LogP contribution in [0, 0.1) is 0 Å². The van der Waals surface area contributed by atoms with Gasteiger partial charge in [0.1, 0.15) is 0 Å². The van der Waals surface area contributed by atoms with Crippen molar-refractivity contribution >= 4 is 0 Å². The molecule has 0 aromatic rings. The van der Waals surface area contributed by atoms with Crippen LogP contribution >= 0.6 is 0 Å². The number of ether oxygens (including phenoxy) is 1. The minimum atomic E-state index is 0.430. The van der Waals surface area contributed by atoms with Gasteiger partial charge in [-0.25, -0.2) is 0 Å². The molecule has 0 spiro atoms. The van der Waals surface area contributed by atoms with E-state index in [-0.39, 0.29) is 0 Å². The van der Waals surface area contributed by atoms with Gasteiger partial charge >= 0.3 is 0 Å². The van der Waals surface area contributed by atoms with Crippen molar-refractivity contribution < 1.29 is 4.74 Å². The van der Waals surface area contributed by atoms with Gasteiger partial charge < -0.3 is 19.9 Å². The summed E-state index contributed by atoms with van der Waals surface area (Å²) in [6.45, 7) is 7.13. The summed E-state index contributed by atoms with van der Waals surface area (Å²) in [4.78, 5) is 5.03. The van der Waals surface area contributed by atoms with Gasteiger partial charge in [0.2, 0.25) is 0 Å². The topological polar surface area (TPSA) is 27.7 Å². The smallest absolute Gasteiger partial charge is 0.0711 e. The molecule has 2 unspecified atom stereocenters. The zero-order chi connectivity index (χ0) is 11.4. The first-order valence-electron chi connectivity index (χ1n) is 6.45. The first-order valence-corrected chi connectivity index (χ1v) is 6.45. The zero-order valence-corrected chi connectivity index (χ0v) is 10.6. The Morgan fingerprint density at radius 3 is 2.88 bits per heavy atom. The third-order valence-corrected chi connectivity index (χ3v) is 3.81. The number of likely N-dealkylation sites (N-methyl/N-ethyl adjacent to an activating group) is 1. The molecule has 2 heterocycles. The van der Waals surface area contributed by atoms with Crippen molar-refractivity contribution in [2.24, 2.45) is 0 Å². The van der Waals surface area contributed by atoms with Crippen molar-refractivity contribution in [2.45, 2.75) is 25.0 Å². The number of rotatable bonds is 3. The molecule has 2 saturated heterocycles. The third-order valence-electron chi connectivity index (χ3n) is 3.81. The maximum atomic E-state index is 5.38. The van der Waals surface area contributed by atoms with Gasteiger partial charge in [0.05, 0.1) is 6.10 Å². The van der Waals surface area contributed by atoms with Crippen molar-refractivity contribution in [3.63, 3.8) is 0 Å². The minimum absolute atomic E-state index is 0.430. The molecular weight excluding hydrogens is 202 g/mol. The monoisotopic (exact) mass is 227 g/mol. The summed E-state index contributed by atoms with van der Waals surface area (Å²) in [5, 5.41) is 3.56. The van der Waals surface area contributed by atoms with Crippen molar-refractivity contribution in [1.82, 2.24) is 15.1 Å². The molecule has 0 aliphatic carbocycles. The summed E-state index contributed by atoms with van der Waals surface area (Å²) in [5.74, 6) is 0. The van der Waals surface area contributed by atoms with Gasteiger partial charge in [-0.3, -0.25) is 0 Å². The van der Waals surface area contributed by atoms with E-state index in [0.29, 0.717) is 12.1 Å². The molecule has 2 aliphatic heterocycles. The first kappa shape index (κ1) is 12.3. The highest BCUT2D eigenvalue weighted by molar-refractivity contribution is 4.85. The molecule has 16 heavy (non-hydrogen) atoms. The largest absolute Gasteiger partial charge is 0.380 e. The average Bonchev–Trinajstić information content (AvgIpc) is 2.63. The second-order valence-electron chi connectivity index (χ2n) is 5.16. The van der Waals surface area contributed by atoms with Crippen LogP contribution in [0.25, 0.3) is 0 Å². The number of nitrogens with zero attached hydrogens (tertiary/aromatic N) is 2. The zero-order valence-electron chi connectivity index (χ0n) is 10.6.